The van der Waals surface area contributed by atoms with Crippen molar-refractivity contribution in [2.24, 2.45) is 5.92 Å². The van der Waals surface area contributed by atoms with Crippen molar-refractivity contribution in [3.8, 4) is 11.3 Å². The molecule has 1 aliphatic rings. The van der Waals surface area contributed by atoms with E-state index in [1.807, 2.05) is 30.5 Å². The van der Waals surface area contributed by atoms with Crippen molar-refractivity contribution in [3.05, 3.63) is 41.7 Å². The number of fused-ring (bicyclic) bond motifs is 1. The van der Waals surface area contributed by atoms with Gasteiger partial charge in [-0.1, -0.05) is 17.7 Å². The first kappa shape index (κ1) is 15.4. The molecule has 1 saturated heterocycles. The Bertz CT molecular complexity index is 838. The highest BCUT2D eigenvalue weighted by molar-refractivity contribution is 6.31. The molecule has 6 heteroatoms. The average Bonchev–Trinajstić information content (AvgIpc) is 3.04. The van der Waals surface area contributed by atoms with Crippen molar-refractivity contribution in [1.29, 1.82) is 0 Å². The second-order valence-corrected chi connectivity index (χ2v) is 6.69. The molecule has 0 spiro atoms. The summed E-state index contributed by atoms with van der Waals surface area (Å²) in [5.74, 6) is 1.57. The van der Waals surface area contributed by atoms with Crippen molar-refractivity contribution < 1.29 is 0 Å². The fourth-order valence-corrected chi connectivity index (χ4v) is 3.38. The molecule has 0 bridgehead atoms. The van der Waals surface area contributed by atoms with Crippen LogP contribution in [0.4, 0.5) is 5.82 Å². The number of pyridine rings is 2. The monoisotopic (exact) mass is 341 g/mol. The lowest BCUT2D eigenvalue weighted by Crippen LogP contribution is -2.33. The van der Waals surface area contributed by atoms with Gasteiger partial charge in [0, 0.05) is 29.9 Å². The number of nitrogens with one attached hydrogen (secondary N) is 3. The third kappa shape index (κ3) is 3.23. The first-order chi connectivity index (χ1) is 11.8. The molecule has 3 aromatic rings. The Morgan fingerprint density at radius 1 is 1.33 bits per heavy atom. The van der Waals surface area contributed by atoms with Crippen molar-refractivity contribution >= 4 is 28.5 Å². The molecule has 4 rings (SSSR count). The summed E-state index contributed by atoms with van der Waals surface area (Å²) < 4.78 is 0. The predicted molar refractivity (Wildman–Crippen MR) is 98.4 cm³/mol. The zero-order chi connectivity index (χ0) is 16.4. The van der Waals surface area contributed by atoms with Gasteiger partial charge >= 0.3 is 0 Å². The molecular formula is C18H20ClN5. The van der Waals surface area contributed by atoms with Crippen LogP contribution in [-0.2, 0) is 0 Å². The van der Waals surface area contributed by atoms with Crippen LogP contribution in [0.25, 0.3) is 22.3 Å². The van der Waals surface area contributed by atoms with E-state index in [-0.39, 0.29) is 0 Å². The van der Waals surface area contributed by atoms with Crippen molar-refractivity contribution in [3.63, 3.8) is 0 Å². The van der Waals surface area contributed by atoms with Gasteiger partial charge in [0.25, 0.3) is 0 Å². The number of anilines is 1. The number of piperidine rings is 1. The van der Waals surface area contributed by atoms with Crippen LogP contribution >= 0.6 is 11.6 Å². The molecule has 1 unspecified atom stereocenters. The lowest BCUT2D eigenvalue weighted by atomic mass is 10.00. The third-order valence-electron chi connectivity index (χ3n) is 4.49. The van der Waals surface area contributed by atoms with Gasteiger partial charge in [-0.05, 0) is 50.0 Å². The highest BCUT2D eigenvalue weighted by atomic mass is 35.5. The molecule has 24 heavy (non-hydrogen) atoms. The summed E-state index contributed by atoms with van der Waals surface area (Å²) in [6.07, 6.45) is 6.11. The zero-order valence-electron chi connectivity index (χ0n) is 13.3. The van der Waals surface area contributed by atoms with Gasteiger partial charge in [0.2, 0.25) is 0 Å². The highest BCUT2D eigenvalue weighted by Crippen LogP contribution is 2.28. The van der Waals surface area contributed by atoms with E-state index in [9.17, 15) is 0 Å². The first-order valence-corrected chi connectivity index (χ1v) is 8.72. The third-order valence-corrected chi connectivity index (χ3v) is 4.70. The quantitative estimate of drug-likeness (QED) is 0.677. The molecule has 0 aliphatic carbocycles. The molecule has 0 saturated carbocycles. The van der Waals surface area contributed by atoms with Gasteiger partial charge in [0.15, 0.2) is 0 Å². The highest BCUT2D eigenvalue weighted by Gasteiger charge is 2.13. The number of aromatic nitrogens is 3. The van der Waals surface area contributed by atoms with Crippen molar-refractivity contribution in [2.45, 2.75) is 12.8 Å². The van der Waals surface area contributed by atoms with Gasteiger partial charge in [-0.25, -0.2) is 9.97 Å². The zero-order valence-corrected chi connectivity index (χ0v) is 14.1. The van der Waals surface area contributed by atoms with E-state index < -0.39 is 0 Å². The second kappa shape index (κ2) is 6.79. The van der Waals surface area contributed by atoms with E-state index in [0.717, 1.165) is 47.7 Å². The Hall–Kier alpha value is -2.11. The summed E-state index contributed by atoms with van der Waals surface area (Å²) in [5, 5.41) is 8.54. The first-order valence-electron chi connectivity index (χ1n) is 8.34. The van der Waals surface area contributed by atoms with Crippen LogP contribution in [0, 0.1) is 5.92 Å². The van der Waals surface area contributed by atoms with E-state index in [0.29, 0.717) is 10.9 Å². The van der Waals surface area contributed by atoms with Gasteiger partial charge in [-0.15, -0.1) is 0 Å². The Kier molecular flexibility index (Phi) is 4.36. The minimum absolute atomic E-state index is 0.627. The summed E-state index contributed by atoms with van der Waals surface area (Å²) in [7, 11) is 0. The standard InChI is InChI=1S/C18H20ClN5/c19-13-7-14-15(11-23-18(14)22-10-13)16-4-1-5-17(24-16)21-9-12-3-2-6-20-8-12/h1,4-5,7,10-12,20H,2-3,6,8-9H2,(H,21,24)(H,22,23). The molecule has 0 aromatic carbocycles. The number of H-pyrrole nitrogens is 1. The largest absolute Gasteiger partial charge is 0.370 e. The number of hydrogen-bond acceptors (Lipinski definition) is 4. The van der Waals surface area contributed by atoms with Gasteiger partial charge < -0.3 is 15.6 Å². The smallest absolute Gasteiger partial charge is 0.138 e. The fraction of sp³-hybridized carbons (Fsp3) is 0.333. The molecule has 5 nitrogen and oxygen atoms in total. The van der Waals surface area contributed by atoms with Gasteiger partial charge in [-0.3, -0.25) is 0 Å². The van der Waals surface area contributed by atoms with Crippen molar-refractivity contribution in [1.82, 2.24) is 20.3 Å². The Morgan fingerprint density at radius 2 is 2.29 bits per heavy atom. The van der Waals surface area contributed by atoms with Crippen molar-refractivity contribution in [2.75, 3.05) is 25.0 Å². The number of nitrogens with zero attached hydrogens (tertiary/aromatic N) is 2. The lowest BCUT2D eigenvalue weighted by Gasteiger charge is -2.23. The molecule has 3 aromatic heterocycles. The SMILES string of the molecule is Clc1cnc2[nH]cc(-c3cccc(NCC4CCCNC4)n3)c2c1. The van der Waals surface area contributed by atoms with E-state index in [4.69, 9.17) is 16.6 Å². The lowest BCUT2D eigenvalue weighted by molar-refractivity contribution is 0.392. The van der Waals surface area contributed by atoms with Crippen LogP contribution in [0.3, 0.4) is 0 Å². The molecule has 1 fully saturated rings. The molecule has 3 N–H and O–H groups in total. The Morgan fingerprint density at radius 3 is 3.17 bits per heavy atom. The predicted octanol–water partition coefficient (Wildman–Crippen LogP) is 3.69. The average molecular weight is 342 g/mol. The molecule has 1 atom stereocenters. The maximum absolute atomic E-state index is 6.09. The van der Waals surface area contributed by atoms with E-state index in [1.165, 1.54) is 12.8 Å². The maximum Gasteiger partial charge on any atom is 0.138 e. The van der Waals surface area contributed by atoms with Crippen LogP contribution in [0.15, 0.2) is 36.7 Å². The van der Waals surface area contributed by atoms with Crippen LogP contribution in [-0.4, -0.2) is 34.6 Å². The molecule has 1 aliphatic heterocycles. The molecular weight excluding hydrogens is 322 g/mol. The van der Waals surface area contributed by atoms with E-state index in [1.54, 1.807) is 6.20 Å². The number of halogens is 1. The van der Waals surface area contributed by atoms with E-state index >= 15 is 0 Å². The Labute approximate surface area is 145 Å². The summed E-state index contributed by atoms with van der Waals surface area (Å²) in [4.78, 5) is 12.2. The summed E-state index contributed by atoms with van der Waals surface area (Å²) in [6, 6.07) is 7.97. The van der Waals surface area contributed by atoms with Gasteiger partial charge in [0.1, 0.15) is 11.5 Å². The van der Waals surface area contributed by atoms with E-state index in [2.05, 4.69) is 20.6 Å². The topological polar surface area (TPSA) is 65.6 Å². The summed E-state index contributed by atoms with van der Waals surface area (Å²) in [6.45, 7) is 3.17. The number of hydrogen-bond donors (Lipinski definition) is 3. The number of rotatable bonds is 4. The second-order valence-electron chi connectivity index (χ2n) is 6.25. The van der Waals surface area contributed by atoms with Crippen LogP contribution in [0.1, 0.15) is 12.8 Å². The normalized spacial score (nSPS) is 18.0. The van der Waals surface area contributed by atoms with Crippen LogP contribution in [0.5, 0.6) is 0 Å². The minimum atomic E-state index is 0.627. The Balaban J connectivity index is 1.56. The molecule has 0 radical (unpaired) electrons. The van der Waals surface area contributed by atoms with Gasteiger partial charge in [-0.2, -0.15) is 0 Å². The van der Waals surface area contributed by atoms with Crippen LogP contribution < -0.4 is 10.6 Å². The summed E-state index contributed by atoms with van der Waals surface area (Å²) >= 11 is 6.09. The molecule has 4 heterocycles. The number of aromatic amines is 1. The summed E-state index contributed by atoms with van der Waals surface area (Å²) in [5.41, 5.74) is 2.75. The maximum atomic E-state index is 6.09. The molecule has 124 valence electrons. The van der Waals surface area contributed by atoms with Gasteiger partial charge in [0.05, 0.1) is 10.7 Å². The van der Waals surface area contributed by atoms with Crippen LogP contribution in [0.2, 0.25) is 5.02 Å². The molecule has 0 amide bonds. The minimum Gasteiger partial charge on any atom is -0.370 e. The fourth-order valence-electron chi connectivity index (χ4n) is 3.22.